The quantitative estimate of drug-likeness (QED) is 0.785. The molecule has 0 aromatic heterocycles. The maximum atomic E-state index is 12.4. The number of methoxy groups -OCH3 is 1. The second-order valence-electron chi connectivity index (χ2n) is 5.03. The smallest absolute Gasteiger partial charge is 0.243 e. The van der Waals surface area contributed by atoms with Gasteiger partial charge < -0.3 is 9.64 Å². The van der Waals surface area contributed by atoms with Gasteiger partial charge >= 0.3 is 0 Å². The number of carbonyl (C=O) groups excluding carboxylic acids is 1. The van der Waals surface area contributed by atoms with E-state index in [2.05, 4.69) is 15.9 Å². The van der Waals surface area contributed by atoms with E-state index < -0.39 is 4.32 Å². The summed E-state index contributed by atoms with van der Waals surface area (Å²) in [7, 11) is 1.66. The van der Waals surface area contributed by atoms with Crippen molar-refractivity contribution < 1.29 is 9.53 Å². The monoisotopic (exact) mass is 311 g/mol. The number of hydrogen-bond donors (Lipinski definition) is 0. The van der Waals surface area contributed by atoms with Gasteiger partial charge in [-0.1, -0.05) is 15.9 Å². The van der Waals surface area contributed by atoms with Crippen molar-refractivity contribution >= 4 is 27.5 Å². The Morgan fingerprint density at radius 1 is 1.44 bits per heavy atom. The van der Waals surface area contributed by atoms with E-state index in [4.69, 9.17) is 4.74 Å². The van der Waals surface area contributed by atoms with Crippen LogP contribution in [0, 0.1) is 0 Å². The average molecular weight is 312 g/mol. The minimum absolute atomic E-state index is 0.105. The Morgan fingerprint density at radius 2 is 2.17 bits per heavy atom. The highest BCUT2D eigenvalue weighted by atomic mass is 79.9. The Labute approximate surface area is 116 Å². The number of nitrogens with zero attached hydrogens (tertiary/aromatic N) is 1. The normalized spacial score (nSPS) is 15.2. The SMILES string of the molecule is COc1ccc2c(c1)CCCN2C(=O)C(C)(C)Br. The molecular weight excluding hydrogens is 294 g/mol. The van der Waals surface area contributed by atoms with Gasteiger partial charge in [0, 0.05) is 12.2 Å². The van der Waals surface area contributed by atoms with Crippen molar-refractivity contribution in [2.45, 2.75) is 31.0 Å². The van der Waals surface area contributed by atoms with Gasteiger partial charge in [0.25, 0.3) is 0 Å². The molecule has 98 valence electrons. The minimum atomic E-state index is -0.526. The Morgan fingerprint density at radius 3 is 2.78 bits per heavy atom. The van der Waals surface area contributed by atoms with Crippen molar-refractivity contribution in [3.63, 3.8) is 0 Å². The van der Waals surface area contributed by atoms with Crippen LogP contribution in [0.25, 0.3) is 0 Å². The summed E-state index contributed by atoms with van der Waals surface area (Å²) < 4.78 is 4.70. The molecule has 0 saturated heterocycles. The Hall–Kier alpha value is -1.03. The molecule has 0 unspecified atom stereocenters. The highest BCUT2D eigenvalue weighted by Crippen LogP contribution is 2.33. The molecule has 0 bridgehead atoms. The summed E-state index contributed by atoms with van der Waals surface area (Å²) in [4.78, 5) is 14.3. The van der Waals surface area contributed by atoms with Crippen LogP contribution in [0.5, 0.6) is 5.75 Å². The molecule has 1 aliphatic heterocycles. The van der Waals surface area contributed by atoms with Gasteiger partial charge in [0.2, 0.25) is 5.91 Å². The topological polar surface area (TPSA) is 29.5 Å². The summed E-state index contributed by atoms with van der Waals surface area (Å²) in [5, 5.41) is 0. The lowest BCUT2D eigenvalue weighted by atomic mass is 10.00. The fraction of sp³-hybridized carbons (Fsp3) is 0.500. The van der Waals surface area contributed by atoms with Gasteiger partial charge in [0.1, 0.15) is 5.75 Å². The highest BCUT2D eigenvalue weighted by Gasteiger charge is 2.32. The first-order chi connectivity index (χ1) is 8.43. The Kier molecular flexibility index (Phi) is 3.66. The van der Waals surface area contributed by atoms with Crippen LogP contribution in [0.3, 0.4) is 0 Å². The van der Waals surface area contributed by atoms with Crippen molar-refractivity contribution in [3.05, 3.63) is 23.8 Å². The molecule has 2 rings (SSSR count). The van der Waals surface area contributed by atoms with E-state index >= 15 is 0 Å². The zero-order valence-electron chi connectivity index (χ0n) is 11.0. The Balaban J connectivity index is 2.37. The second-order valence-corrected chi connectivity index (χ2v) is 7.01. The van der Waals surface area contributed by atoms with Crippen molar-refractivity contribution in [2.75, 3.05) is 18.6 Å². The molecule has 1 aromatic rings. The van der Waals surface area contributed by atoms with E-state index in [0.29, 0.717) is 0 Å². The van der Waals surface area contributed by atoms with Crippen LogP contribution in [0.4, 0.5) is 5.69 Å². The summed E-state index contributed by atoms with van der Waals surface area (Å²) in [6.07, 6.45) is 1.99. The molecule has 1 aromatic carbocycles. The molecule has 0 atom stereocenters. The third-order valence-corrected chi connectivity index (χ3v) is 3.50. The van der Waals surface area contributed by atoms with E-state index in [-0.39, 0.29) is 5.91 Å². The van der Waals surface area contributed by atoms with Crippen LogP contribution < -0.4 is 9.64 Å². The third kappa shape index (κ3) is 2.53. The second kappa shape index (κ2) is 4.92. The molecule has 0 fully saturated rings. The number of rotatable bonds is 2. The number of ether oxygens (including phenoxy) is 1. The molecule has 0 saturated carbocycles. The first-order valence-corrected chi connectivity index (χ1v) is 6.90. The predicted octanol–water partition coefficient (Wildman–Crippen LogP) is 3.15. The van der Waals surface area contributed by atoms with Gasteiger partial charge in [-0.25, -0.2) is 0 Å². The predicted molar refractivity (Wildman–Crippen MR) is 76.7 cm³/mol. The van der Waals surface area contributed by atoms with Crippen LogP contribution in [0.1, 0.15) is 25.8 Å². The molecule has 4 heteroatoms. The van der Waals surface area contributed by atoms with Gasteiger partial charge in [-0.15, -0.1) is 0 Å². The number of alkyl halides is 1. The van der Waals surface area contributed by atoms with Crippen LogP contribution in [0.2, 0.25) is 0 Å². The third-order valence-electron chi connectivity index (χ3n) is 3.16. The van der Waals surface area contributed by atoms with Gasteiger partial charge in [-0.2, -0.15) is 0 Å². The molecule has 1 amide bonds. The summed E-state index contributed by atoms with van der Waals surface area (Å²) in [5.41, 5.74) is 2.20. The molecule has 0 radical (unpaired) electrons. The molecule has 0 spiro atoms. The first kappa shape index (κ1) is 13.4. The summed E-state index contributed by atoms with van der Waals surface area (Å²) >= 11 is 3.44. The molecule has 18 heavy (non-hydrogen) atoms. The number of halogens is 1. The number of benzene rings is 1. The van der Waals surface area contributed by atoms with Crippen LogP contribution in [0.15, 0.2) is 18.2 Å². The zero-order valence-corrected chi connectivity index (χ0v) is 12.6. The molecule has 1 aliphatic rings. The standard InChI is InChI=1S/C14H18BrNO2/c1-14(2,15)13(17)16-8-4-5-10-9-11(18-3)6-7-12(10)16/h6-7,9H,4-5,8H2,1-3H3. The zero-order chi connectivity index (χ0) is 13.3. The number of anilines is 1. The first-order valence-electron chi connectivity index (χ1n) is 6.11. The molecule has 3 nitrogen and oxygen atoms in total. The highest BCUT2D eigenvalue weighted by molar-refractivity contribution is 9.10. The van der Waals surface area contributed by atoms with Gasteiger partial charge in [0.15, 0.2) is 0 Å². The van der Waals surface area contributed by atoms with E-state index in [1.807, 2.05) is 36.9 Å². The summed E-state index contributed by atoms with van der Waals surface area (Å²) in [6, 6.07) is 5.91. The van der Waals surface area contributed by atoms with E-state index in [9.17, 15) is 4.79 Å². The van der Waals surface area contributed by atoms with Crippen LogP contribution in [-0.4, -0.2) is 23.9 Å². The minimum Gasteiger partial charge on any atom is -0.497 e. The lowest BCUT2D eigenvalue weighted by molar-refractivity contribution is -0.120. The maximum Gasteiger partial charge on any atom is 0.243 e. The summed E-state index contributed by atoms with van der Waals surface area (Å²) in [6.45, 7) is 4.55. The van der Waals surface area contributed by atoms with Crippen LogP contribution in [-0.2, 0) is 11.2 Å². The number of carbonyl (C=O) groups is 1. The number of hydrogen-bond acceptors (Lipinski definition) is 2. The lowest BCUT2D eigenvalue weighted by Gasteiger charge is -2.33. The van der Waals surface area contributed by atoms with Gasteiger partial charge in [0.05, 0.1) is 11.4 Å². The molecule has 0 aliphatic carbocycles. The number of fused-ring (bicyclic) bond motifs is 1. The maximum absolute atomic E-state index is 12.4. The Bertz CT molecular complexity index is 465. The molecular formula is C14H18BrNO2. The summed E-state index contributed by atoms with van der Waals surface area (Å²) in [5.74, 6) is 0.953. The van der Waals surface area contributed by atoms with Gasteiger partial charge in [-0.05, 0) is 50.5 Å². The molecule has 0 N–H and O–H groups in total. The fourth-order valence-corrected chi connectivity index (χ4v) is 2.45. The van der Waals surface area contributed by atoms with Gasteiger partial charge in [-0.3, -0.25) is 4.79 Å². The van der Waals surface area contributed by atoms with Crippen LogP contribution >= 0.6 is 15.9 Å². The van der Waals surface area contributed by atoms with Crippen molar-refractivity contribution in [1.29, 1.82) is 0 Å². The van der Waals surface area contributed by atoms with E-state index in [1.165, 1.54) is 5.56 Å². The van der Waals surface area contributed by atoms with Crippen molar-refractivity contribution in [3.8, 4) is 5.75 Å². The van der Waals surface area contributed by atoms with Crippen molar-refractivity contribution in [2.24, 2.45) is 0 Å². The fourth-order valence-electron chi connectivity index (χ4n) is 2.23. The molecule has 1 heterocycles. The largest absolute Gasteiger partial charge is 0.497 e. The van der Waals surface area contributed by atoms with E-state index in [1.54, 1.807) is 7.11 Å². The average Bonchev–Trinajstić information content (AvgIpc) is 2.35. The van der Waals surface area contributed by atoms with Crippen molar-refractivity contribution in [1.82, 2.24) is 0 Å². The number of aryl methyl sites for hydroxylation is 1. The number of amides is 1. The van der Waals surface area contributed by atoms with E-state index in [0.717, 1.165) is 30.8 Å². The lowest BCUT2D eigenvalue weighted by Crippen LogP contribution is -2.44.